The first kappa shape index (κ1) is 71.8. The largest absolute Gasteiger partial charge is 0.462 e. The van der Waals surface area contributed by atoms with E-state index in [1.165, 1.54) is 25.7 Å². The standard InChI is InChI=1S/C71H110O6/c1-4-7-10-13-16-19-22-25-28-30-32-34-35-37-38-40-43-46-49-52-55-58-61-64-70(73)76-67-68(66-75-69(72)63-60-57-54-51-48-45-42-27-24-21-18-15-12-9-6-3)77-71(74)65-62-59-56-53-50-47-44-41-39-36-33-31-29-26-23-20-17-14-11-8-5-2/h7-8,10-11,16-21,25-29,32-34,36-38,41-44,46,52,55,68H,4-6,9,12-15,22-24,30-31,35,39-40,45,47-51,53-54,56-67H2,1-3H3/b10-7-,11-8-,19-16-,20-17-,21-18-,28-25-,29-26-,34-32-,36-33-,38-37-,42-27-,44-41-,46-43-,55-52-. The van der Waals surface area contributed by atoms with Gasteiger partial charge in [-0.15, -0.1) is 0 Å². The van der Waals surface area contributed by atoms with E-state index in [1.54, 1.807) is 0 Å². The molecule has 0 radical (unpaired) electrons. The summed E-state index contributed by atoms with van der Waals surface area (Å²) in [6.45, 7) is 6.30. The fraction of sp³-hybridized carbons (Fsp3) is 0.563. The van der Waals surface area contributed by atoms with Crippen LogP contribution in [0, 0.1) is 0 Å². The fourth-order valence-corrected chi connectivity index (χ4v) is 7.66. The van der Waals surface area contributed by atoms with Crippen molar-refractivity contribution in [1.82, 2.24) is 0 Å². The molecule has 0 rings (SSSR count). The lowest BCUT2D eigenvalue weighted by Gasteiger charge is -2.18. The third-order valence-electron chi connectivity index (χ3n) is 12.2. The highest BCUT2D eigenvalue weighted by Crippen LogP contribution is 2.13. The highest BCUT2D eigenvalue weighted by atomic mass is 16.6. The van der Waals surface area contributed by atoms with Crippen molar-refractivity contribution in [2.24, 2.45) is 0 Å². The van der Waals surface area contributed by atoms with E-state index in [9.17, 15) is 14.4 Å². The van der Waals surface area contributed by atoms with Gasteiger partial charge >= 0.3 is 17.9 Å². The average Bonchev–Trinajstić information content (AvgIpc) is 3.43. The minimum Gasteiger partial charge on any atom is -0.462 e. The molecule has 0 aliphatic carbocycles. The van der Waals surface area contributed by atoms with Gasteiger partial charge in [-0.2, -0.15) is 0 Å². The summed E-state index contributed by atoms with van der Waals surface area (Å²) in [6, 6.07) is 0. The van der Waals surface area contributed by atoms with Crippen LogP contribution in [-0.4, -0.2) is 37.2 Å². The smallest absolute Gasteiger partial charge is 0.306 e. The van der Waals surface area contributed by atoms with Gasteiger partial charge in [-0.25, -0.2) is 0 Å². The summed E-state index contributed by atoms with van der Waals surface area (Å²) in [5, 5.41) is 0. The van der Waals surface area contributed by atoms with Crippen LogP contribution in [0.2, 0.25) is 0 Å². The van der Waals surface area contributed by atoms with Gasteiger partial charge < -0.3 is 14.2 Å². The maximum absolute atomic E-state index is 12.9. The Labute approximate surface area is 472 Å². The summed E-state index contributed by atoms with van der Waals surface area (Å²) in [6.07, 6.45) is 93.5. The van der Waals surface area contributed by atoms with Gasteiger partial charge in [0, 0.05) is 19.3 Å². The maximum Gasteiger partial charge on any atom is 0.306 e. The van der Waals surface area contributed by atoms with Gasteiger partial charge in [0.2, 0.25) is 0 Å². The van der Waals surface area contributed by atoms with Gasteiger partial charge in [-0.1, -0.05) is 242 Å². The molecule has 6 nitrogen and oxygen atoms in total. The summed E-state index contributed by atoms with van der Waals surface area (Å²) < 4.78 is 16.8. The van der Waals surface area contributed by atoms with Gasteiger partial charge in [0.1, 0.15) is 13.2 Å². The van der Waals surface area contributed by atoms with Crippen molar-refractivity contribution < 1.29 is 28.6 Å². The Morgan fingerprint density at radius 1 is 0.273 bits per heavy atom. The van der Waals surface area contributed by atoms with Gasteiger partial charge in [0.15, 0.2) is 6.10 Å². The molecule has 1 unspecified atom stereocenters. The van der Waals surface area contributed by atoms with Gasteiger partial charge in [0.05, 0.1) is 0 Å². The van der Waals surface area contributed by atoms with Crippen LogP contribution in [0.15, 0.2) is 170 Å². The number of esters is 3. The van der Waals surface area contributed by atoms with E-state index in [1.807, 2.05) is 0 Å². The molecule has 0 fully saturated rings. The molecule has 0 saturated heterocycles. The predicted octanol–water partition coefficient (Wildman–Crippen LogP) is 21.1. The molecule has 0 aromatic heterocycles. The molecule has 0 N–H and O–H groups in total. The third kappa shape index (κ3) is 61.5. The van der Waals surface area contributed by atoms with Crippen molar-refractivity contribution in [1.29, 1.82) is 0 Å². The molecule has 0 aliphatic rings. The van der Waals surface area contributed by atoms with E-state index in [2.05, 4.69) is 191 Å². The number of hydrogen-bond donors (Lipinski definition) is 0. The van der Waals surface area contributed by atoms with Gasteiger partial charge in [-0.05, 0) is 148 Å². The number of hydrogen-bond acceptors (Lipinski definition) is 6. The van der Waals surface area contributed by atoms with E-state index in [4.69, 9.17) is 14.2 Å². The number of carbonyl (C=O) groups excluding carboxylic acids is 3. The summed E-state index contributed by atoms with van der Waals surface area (Å²) >= 11 is 0. The lowest BCUT2D eigenvalue weighted by atomic mass is 10.1. The first-order valence-electron chi connectivity index (χ1n) is 30.6. The second kappa shape index (κ2) is 63.3. The third-order valence-corrected chi connectivity index (χ3v) is 12.2. The first-order valence-corrected chi connectivity index (χ1v) is 30.6. The van der Waals surface area contributed by atoms with Crippen LogP contribution in [0.5, 0.6) is 0 Å². The van der Waals surface area contributed by atoms with Crippen LogP contribution >= 0.6 is 0 Å². The van der Waals surface area contributed by atoms with Crippen molar-refractivity contribution in [3.63, 3.8) is 0 Å². The Bertz CT molecular complexity index is 1790. The van der Waals surface area contributed by atoms with E-state index in [-0.39, 0.29) is 44.0 Å². The number of rotatable bonds is 53. The van der Waals surface area contributed by atoms with Crippen molar-refractivity contribution >= 4 is 17.9 Å². The zero-order chi connectivity index (χ0) is 55.7. The quantitative estimate of drug-likeness (QED) is 0.0261. The molecule has 1 atom stereocenters. The molecule has 0 amide bonds. The first-order chi connectivity index (χ1) is 38.0. The van der Waals surface area contributed by atoms with Crippen molar-refractivity contribution in [3.8, 4) is 0 Å². The molecule has 0 heterocycles. The maximum atomic E-state index is 12.9. The SMILES string of the molecule is CC/C=C\C/C=C\C/C=C\C/C=C\C/C=C\C/C=C\C/C=C\CCCC(=O)OCC(COC(=O)CCCCCCC/C=C\C/C=C\CCCCC)OC(=O)CCCCCCC/C=C\C/C=C\C/C=C\C/C=C\C/C=C\CC. The Morgan fingerprint density at radius 3 is 0.844 bits per heavy atom. The normalized spacial score (nSPS) is 13.3. The second-order valence-corrected chi connectivity index (χ2v) is 19.5. The minimum atomic E-state index is -0.829. The summed E-state index contributed by atoms with van der Waals surface area (Å²) in [4.78, 5) is 38.3. The van der Waals surface area contributed by atoms with Crippen LogP contribution < -0.4 is 0 Å². The number of allylic oxidation sites excluding steroid dienone is 28. The van der Waals surface area contributed by atoms with Crippen molar-refractivity contribution in [2.75, 3.05) is 13.2 Å². The molecule has 0 bridgehead atoms. The van der Waals surface area contributed by atoms with Crippen LogP contribution in [0.3, 0.4) is 0 Å². The zero-order valence-corrected chi connectivity index (χ0v) is 49.1. The number of carbonyl (C=O) groups is 3. The molecule has 430 valence electrons. The molecule has 0 aliphatic heterocycles. The van der Waals surface area contributed by atoms with E-state index < -0.39 is 6.10 Å². The van der Waals surface area contributed by atoms with Crippen molar-refractivity contribution in [2.45, 2.75) is 245 Å². The number of unbranched alkanes of at least 4 members (excludes halogenated alkanes) is 14. The number of ether oxygens (including phenoxy) is 3. The zero-order valence-electron chi connectivity index (χ0n) is 49.1. The monoisotopic (exact) mass is 1060 g/mol. The Hall–Kier alpha value is -5.23. The lowest BCUT2D eigenvalue weighted by molar-refractivity contribution is -0.167. The molecule has 6 heteroatoms. The highest BCUT2D eigenvalue weighted by Gasteiger charge is 2.19. The van der Waals surface area contributed by atoms with Gasteiger partial charge in [0.25, 0.3) is 0 Å². The van der Waals surface area contributed by atoms with Crippen LogP contribution in [0.4, 0.5) is 0 Å². The Morgan fingerprint density at radius 2 is 0.519 bits per heavy atom. The highest BCUT2D eigenvalue weighted by molar-refractivity contribution is 5.71. The molecular formula is C71H110O6. The molecule has 0 saturated carbocycles. The average molecular weight is 1060 g/mol. The van der Waals surface area contributed by atoms with E-state index in [0.717, 1.165) is 167 Å². The predicted molar refractivity (Wildman–Crippen MR) is 334 cm³/mol. The van der Waals surface area contributed by atoms with Crippen molar-refractivity contribution in [3.05, 3.63) is 170 Å². The molecule has 0 spiro atoms. The van der Waals surface area contributed by atoms with Gasteiger partial charge in [-0.3, -0.25) is 14.4 Å². The summed E-state index contributed by atoms with van der Waals surface area (Å²) in [5.41, 5.74) is 0. The summed E-state index contributed by atoms with van der Waals surface area (Å²) in [7, 11) is 0. The molecular weight excluding hydrogens is 949 g/mol. The second-order valence-electron chi connectivity index (χ2n) is 19.5. The topological polar surface area (TPSA) is 78.9 Å². The summed E-state index contributed by atoms with van der Waals surface area (Å²) in [5.74, 6) is -1.02. The fourth-order valence-electron chi connectivity index (χ4n) is 7.66. The van der Waals surface area contributed by atoms with E-state index >= 15 is 0 Å². The van der Waals surface area contributed by atoms with Crippen LogP contribution in [-0.2, 0) is 28.6 Å². The minimum absolute atomic E-state index is 0.120. The van der Waals surface area contributed by atoms with E-state index in [0.29, 0.717) is 12.8 Å². The molecule has 0 aromatic rings. The lowest BCUT2D eigenvalue weighted by Crippen LogP contribution is -2.30. The molecule has 0 aromatic carbocycles. The van der Waals surface area contributed by atoms with Crippen LogP contribution in [0.25, 0.3) is 0 Å². The Kier molecular flexibility index (Phi) is 59.0. The molecule has 77 heavy (non-hydrogen) atoms. The Balaban J connectivity index is 4.58. The van der Waals surface area contributed by atoms with Crippen LogP contribution in [0.1, 0.15) is 239 Å².